The second-order valence-electron chi connectivity index (χ2n) is 4.10. The summed E-state index contributed by atoms with van der Waals surface area (Å²) in [7, 11) is 0. The van der Waals surface area contributed by atoms with Crippen molar-refractivity contribution < 1.29 is 0 Å². The fraction of sp³-hybridized carbons (Fsp3) is 0. The summed E-state index contributed by atoms with van der Waals surface area (Å²) in [5.74, 6) is 0. The molecule has 90 valence electrons. The molecular weight excluding hydrogens is 236 g/mol. The average Bonchev–Trinajstić information content (AvgIpc) is 2.88. The predicted octanol–water partition coefficient (Wildman–Crippen LogP) is 3.00. The fourth-order valence-corrected chi connectivity index (χ4v) is 1.89. The molecule has 0 aliphatic heterocycles. The van der Waals surface area contributed by atoms with Crippen molar-refractivity contribution in [3.05, 3.63) is 59.5 Å². The molecular formula is C15H10N4. The van der Waals surface area contributed by atoms with Crippen molar-refractivity contribution in [2.75, 3.05) is 0 Å². The van der Waals surface area contributed by atoms with Crippen LogP contribution >= 0.6 is 0 Å². The Kier molecular flexibility index (Phi) is 2.79. The number of nitriles is 1. The number of aromatic amines is 1. The molecule has 2 aromatic heterocycles. The van der Waals surface area contributed by atoms with Gasteiger partial charge in [-0.2, -0.15) is 10.4 Å². The number of hydrogen-bond donors (Lipinski definition) is 1. The molecule has 0 radical (unpaired) electrons. The zero-order valence-electron chi connectivity index (χ0n) is 10.0. The van der Waals surface area contributed by atoms with Crippen LogP contribution in [0.15, 0.2) is 42.7 Å². The van der Waals surface area contributed by atoms with Gasteiger partial charge in [-0.25, -0.2) is 0 Å². The van der Waals surface area contributed by atoms with E-state index in [2.05, 4.69) is 21.3 Å². The van der Waals surface area contributed by atoms with Crippen LogP contribution in [0.2, 0.25) is 0 Å². The number of H-pyrrole nitrogens is 1. The Morgan fingerprint density at radius 1 is 1.21 bits per heavy atom. The largest absolute Gasteiger partial charge is 0.277 e. The number of hydrogen-bond acceptors (Lipinski definition) is 3. The quantitative estimate of drug-likeness (QED) is 0.755. The third kappa shape index (κ3) is 2.22. The van der Waals surface area contributed by atoms with Crippen LogP contribution < -0.4 is 0 Å². The maximum absolute atomic E-state index is 8.85. The molecule has 19 heavy (non-hydrogen) atoms. The van der Waals surface area contributed by atoms with E-state index in [0.29, 0.717) is 5.56 Å². The van der Waals surface area contributed by atoms with Gasteiger partial charge in [0.2, 0.25) is 0 Å². The van der Waals surface area contributed by atoms with E-state index in [1.165, 1.54) is 0 Å². The molecule has 0 saturated carbocycles. The average molecular weight is 246 g/mol. The van der Waals surface area contributed by atoms with E-state index in [-0.39, 0.29) is 0 Å². The first-order chi connectivity index (χ1) is 9.36. The molecule has 1 aromatic carbocycles. The normalized spacial score (nSPS) is 10.9. The zero-order valence-corrected chi connectivity index (χ0v) is 10.0. The molecule has 0 spiro atoms. The molecule has 0 unspecified atom stereocenters. The first-order valence-corrected chi connectivity index (χ1v) is 5.83. The lowest BCUT2D eigenvalue weighted by Crippen LogP contribution is -1.76. The van der Waals surface area contributed by atoms with Gasteiger partial charge in [0.15, 0.2) is 0 Å². The fourth-order valence-electron chi connectivity index (χ4n) is 1.89. The number of nitrogens with zero attached hydrogens (tertiary/aromatic N) is 3. The zero-order chi connectivity index (χ0) is 13.1. The van der Waals surface area contributed by atoms with Gasteiger partial charge in [0.1, 0.15) is 0 Å². The third-order valence-electron chi connectivity index (χ3n) is 2.84. The van der Waals surface area contributed by atoms with Crippen LogP contribution in [0.3, 0.4) is 0 Å². The monoisotopic (exact) mass is 246 g/mol. The first kappa shape index (κ1) is 11.2. The molecule has 0 saturated heterocycles. The van der Waals surface area contributed by atoms with E-state index < -0.39 is 0 Å². The van der Waals surface area contributed by atoms with Crippen LogP contribution in [0.5, 0.6) is 0 Å². The van der Waals surface area contributed by atoms with Crippen LogP contribution in [0.4, 0.5) is 0 Å². The molecule has 0 atom stereocenters. The summed E-state index contributed by atoms with van der Waals surface area (Å²) >= 11 is 0. The maximum Gasteiger partial charge on any atom is 0.0992 e. The second kappa shape index (κ2) is 4.75. The van der Waals surface area contributed by atoms with Crippen LogP contribution in [0.1, 0.15) is 16.8 Å². The van der Waals surface area contributed by atoms with Crippen molar-refractivity contribution in [2.45, 2.75) is 0 Å². The summed E-state index contributed by atoms with van der Waals surface area (Å²) in [6, 6.07) is 11.5. The van der Waals surface area contributed by atoms with E-state index in [9.17, 15) is 0 Å². The van der Waals surface area contributed by atoms with Crippen molar-refractivity contribution in [2.24, 2.45) is 0 Å². The second-order valence-corrected chi connectivity index (χ2v) is 4.10. The van der Waals surface area contributed by atoms with Gasteiger partial charge >= 0.3 is 0 Å². The molecule has 1 N–H and O–H groups in total. The van der Waals surface area contributed by atoms with Gasteiger partial charge in [-0.1, -0.05) is 12.1 Å². The lowest BCUT2D eigenvalue weighted by Gasteiger charge is -1.92. The summed E-state index contributed by atoms with van der Waals surface area (Å²) in [5, 5.41) is 17.0. The van der Waals surface area contributed by atoms with Crippen LogP contribution in [-0.4, -0.2) is 15.2 Å². The van der Waals surface area contributed by atoms with Gasteiger partial charge in [-0.3, -0.25) is 10.1 Å². The maximum atomic E-state index is 8.85. The van der Waals surface area contributed by atoms with E-state index in [1.54, 1.807) is 24.5 Å². The molecule has 0 aliphatic rings. The molecule has 0 bridgehead atoms. The summed E-state index contributed by atoms with van der Waals surface area (Å²) in [4.78, 5) is 4.05. The molecule has 0 fully saturated rings. The number of aromatic nitrogens is 3. The highest BCUT2D eigenvalue weighted by molar-refractivity contribution is 5.89. The minimum Gasteiger partial charge on any atom is -0.277 e. The molecule has 2 heterocycles. The number of benzene rings is 1. The van der Waals surface area contributed by atoms with Crippen LogP contribution in [-0.2, 0) is 0 Å². The van der Waals surface area contributed by atoms with E-state index in [0.717, 1.165) is 22.2 Å². The number of rotatable bonds is 2. The van der Waals surface area contributed by atoms with Gasteiger partial charge < -0.3 is 0 Å². The third-order valence-corrected chi connectivity index (χ3v) is 2.84. The van der Waals surface area contributed by atoms with Crippen LogP contribution in [0, 0.1) is 11.3 Å². The SMILES string of the molecule is N#Cc1ccc2c(C=Cc3cccnc3)n[nH]c2c1. The highest BCUT2D eigenvalue weighted by Crippen LogP contribution is 2.19. The van der Waals surface area contributed by atoms with E-state index in [1.807, 2.05) is 30.4 Å². The Hall–Kier alpha value is -2.93. The Morgan fingerprint density at radius 2 is 2.16 bits per heavy atom. The Bertz CT molecular complexity index is 779. The molecule has 0 aliphatic carbocycles. The summed E-state index contributed by atoms with van der Waals surface area (Å²) < 4.78 is 0. The molecule has 3 rings (SSSR count). The lowest BCUT2D eigenvalue weighted by atomic mass is 10.1. The van der Waals surface area contributed by atoms with Gasteiger partial charge in [-0.05, 0) is 35.9 Å². The number of fused-ring (bicyclic) bond motifs is 1. The number of pyridine rings is 1. The molecule has 3 aromatic rings. The summed E-state index contributed by atoms with van der Waals surface area (Å²) in [6.07, 6.45) is 7.42. The van der Waals surface area contributed by atoms with Crippen LogP contribution in [0.25, 0.3) is 23.1 Å². The minimum atomic E-state index is 0.624. The summed E-state index contributed by atoms with van der Waals surface area (Å²) in [6.45, 7) is 0. The van der Waals surface area contributed by atoms with Gasteiger partial charge in [0, 0.05) is 17.8 Å². The van der Waals surface area contributed by atoms with Crippen molar-refractivity contribution in [3.63, 3.8) is 0 Å². The molecule has 0 amide bonds. The summed E-state index contributed by atoms with van der Waals surface area (Å²) in [5.41, 5.74) is 3.36. The van der Waals surface area contributed by atoms with Crippen molar-refractivity contribution in [1.29, 1.82) is 5.26 Å². The van der Waals surface area contributed by atoms with E-state index >= 15 is 0 Å². The van der Waals surface area contributed by atoms with Crippen molar-refractivity contribution >= 4 is 23.1 Å². The Morgan fingerprint density at radius 3 is 2.95 bits per heavy atom. The minimum absolute atomic E-state index is 0.624. The standard InChI is InChI=1S/C15H10N4/c16-9-12-3-5-13-14(18-19-15(13)8-12)6-4-11-2-1-7-17-10-11/h1-8,10H,(H,18,19). The smallest absolute Gasteiger partial charge is 0.0992 e. The number of nitrogens with one attached hydrogen (secondary N) is 1. The van der Waals surface area contributed by atoms with Crippen molar-refractivity contribution in [3.8, 4) is 6.07 Å². The first-order valence-electron chi connectivity index (χ1n) is 5.83. The van der Waals surface area contributed by atoms with Crippen molar-refractivity contribution in [1.82, 2.24) is 15.2 Å². The Labute approximate surface area is 110 Å². The lowest BCUT2D eigenvalue weighted by molar-refractivity contribution is 1.11. The molecule has 4 nitrogen and oxygen atoms in total. The Balaban J connectivity index is 1.98. The topological polar surface area (TPSA) is 65.4 Å². The van der Waals surface area contributed by atoms with Gasteiger partial charge in [0.25, 0.3) is 0 Å². The highest BCUT2D eigenvalue weighted by Gasteiger charge is 2.03. The van der Waals surface area contributed by atoms with Gasteiger partial charge in [-0.15, -0.1) is 0 Å². The van der Waals surface area contributed by atoms with E-state index in [4.69, 9.17) is 5.26 Å². The molecule has 4 heteroatoms. The highest BCUT2D eigenvalue weighted by atomic mass is 15.1. The predicted molar refractivity (Wildman–Crippen MR) is 74.0 cm³/mol. The van der Waals surface area contributed by atoms with Gasteiger partial charge in [0.05, 0.1) is 22.8 Å².